The van der Waals surface area contributed by atoms with E-state index in [9.17, 15) is 20.0 Å². The Hall–Kier alpha value is -1.95. The maximum absolute atomic E-state index is 11.3. The molecule has 1 aromatic carbocycles. The quantitative estimate of drug-likeness (QED) is 0.655. The highest BCUT2D eigenvalue weighted by Gasteiger charge is 2.47. The van der Waals surface area contributed by atoms with Crippen LogP contribution in [0.3, 0.4) is 0 Å². The molecule has 1 fully saturated rings. The fourth-order valence-corrected chi connectivity index (χ4v) is 2.32. The number of carbonyl (C=O) groups is 1. The largest absolute Gasteiger partial charge is 0.479 e. The van der Waals surface area contributed by atoms with Gasteiger partial charge in [-0.25, -0.2) is 4.79 Å². The maximum Gasteiger partial charge on any atom is 0.336 e. The van der Waals surface area contributed by atoms with Gasteiger partial charge in [0.25, 0.3) is 5.69 Å². The van der Waals surface area contributed by atoms with Crippen molar-refractivity contribution in [3.8, 4) is 0 Å². The van der Waals surface area contributed by atoms with Crippen LogP contribution in [0, 0.1) is 10.1 Å². The average molecular weight is 251 g/mol. The Bertz CT molecular complexity index is 501. The number of non-ortho nitro benzene ring substituents is 1. The summed E-state index contributed by atoms with van der Waals surface area (Å²) < 4.78 is 5.30. The van der Waals surface area contributed by atoms with E-state index in [4.69, 9.17) is 4.74 Å². The molecule has 96 valence electrons. The minimum absolute atomic E-state index is 0.0351. The molecule has 0 bridgehead atoms. The van der Waals surface area contributed by atoms with Gasteiger partial charge in [0, 0.05) is 24.7 Å². The number of nitro groups is 1. The first-order chi connectivity index (χ1) is 8.45. The zero-order valence-corrected chi connectivity index (χ0v) is 9.83. The van der Waals surface area contributed by atoms with Gasteiger partial charge < -0.3 is 9.84 Å². The molecule has 1 aliphatic rings. The predicted octanol–water partition coefficient (Wildman–Crippen LogP) is 1.94. The van der Waals surface area contributed by atoms with Crippen molar-refractivity contribution < 1.29 is 19.6 Å². The number of rotatable bonds is 3. The second kappa shape index (κ2) is 4.38. The molecule has 0 unspecified atom stereocenters. The topological polar surface area (TPSA) is 89.7 Å². The third kappa shape index (κ3) is 1.95. The number of carboxylic acids is 1. The first kappa shape index (κ1) is 12.5. The lowest BCUT2D eigenvalue weighted by atomic mass is 9.83. The predicted molar refractivity (Wildman–Crippen MR) is 62.4 cm³/mol. The molecule has 6 heteroatoms. The summed E-state index contributed by atoms with van der Waals surface area (Å²) in [5, 5.41) is 19.9. The zero-order chi connectivity index (χ0) is 13.3. The summed E-state index contributed by atoms with van der Waals surface area (Å²) in [4.78, 5) is 21.5. The van der Waals surface area contributed by atoms with E-state index in [1.54, 1.807) is 12.1 Å². The van der Waals surface area contributed by atoms with Crippen molar-refractivity contribution in [2.75, 3.05) is 6.61 Å². The molecular weight excluding hydrogens is 238 g/mol. The van der Waals surface area contributed by atoms with Gasteiger partial charge in [-0.05, 0) is 18.9 Å². The smallest absolute Gasteiger partial charge is 0.336 e. The van der Waals surface area contributed by atoms with Gasteiger partial charge in [0.2, 0.25) is 0 Å². The summed E-state index contributed by atoms with van der Waals surface area (Å²) >= 11 is 0. The molecule has 0 aliphatic carbocycles. The van der Waals surface area contributed by atoms with Gasteiger partial charge in [-0.2, -0.15) is 0 Å². The molecule has 1 aromatic rings. The second-order valence-electron chi connectivity index (χ2n) is 4.45. The van der Waals surface area contributed by atoms with E-state index < -0.39 is 16.5 Å². The van der Waals surface area contributed by atoms with E-state index in [0.29, 0.717) is 18.6 Å². The molecule has 1 saturated heterocycles. The van der Waals surface area contributed by atoms with E-state index in [-0.39, 0.29) is 11.6 Å². The number of hydrogen-bond acceptors (Lipinski definition) is 4. The van der Waals surface area contributed by atoms with Crippen LogP contribution < -0.4 is 0 Å². The van der Waals surface area contributed by atoms with Crippen LogP contribution in [-0.4, -0.2) is 28.2 Å². The molecule has 0 radical (unpaired) electrons. The summed E-state index contributed by atoms with van der Waals surface area (Å²) in [5.74, 6) is -1.41. The van der Waals surface area contributed by atoms with E-state index in [2.05, 4.69) is 0 Å². The Morgan fingerprint density at radius 2 is 2.33 bits per heavy atom. The minimum atomic E-state index is -1.31. The zero-order valence-electron chi connectivity index (χ0n) is 9.83. The highest BCUT2D eigenvalue weighted by Crippen LogP contribution is 2.40. The number of aliphatic carboxylic acids is 1. The molecule has 0 spiro atoms. The SMILES string of the molecule is C[C@@]1(C(=O)O)OCC[C@H]1c1cccc([N+](=O)[O-])c1. The number of carboxylic acid groups (broad SMARTS) is 1. The van der Waals surface area contributed by atoms with Crippen LogP contribution in [0.15, 0.2) is 24.3 Å². The van der Waals surface area contributed by atoms with E-state index in [1.165, 1.54) is 19.1 Å². The standard InChI is InChI=1S/C12H13NO5/c1-12(11(14)15)10(5-6-18-12)8-3-2-4-9(7-8)13(16)17/h2-4,7,10H,5-6H2,1H3,(H,14,15)/t10-,12+/m0/s1. The Morgan fingerprint density at radius 1 is 1.61 bits per heavy atom. The highest BCUT2D eigenvalue weighted by molar-refractivity contribution is 5.79. The second-order valence-corrected chi connectivity index (χ2v) is 4.45. The highest BCUT2D eigenvalue weighted by atomic mass is 16.6. The number of nitro benzene ring substituents is 1. The van der Waals surface area contributed by atoms with Crippen molar-refractivity contribution in [3.63, 3.8) is 0 Å². The Labute approximate surface area is 103 Å². The van der Waals surface area contributed by atoms with Gasteiger partial charge in [-0.15, -0.1) is 0 Å². The van der Waals surface area contributed by atoms with Gasteiger partial charge in [-0.1, -0.05) is 12.1 Å². The summed E-state index contributed by atoms with van der Waals surface area (Å²) in [6.07, 6.45) is 0.546. The summed E-state index contributed by atoms with van der Waals surface area (Å²) in [5.41, 5.74) is -0.714. The molecule has 0 saturated carbocycles. The molecule has 1 aliphatic heterocycles. The average Bonchev–Trinajstić information content (AvgIpc) is 2.73. The molecule has 6 nitrogen and oxygen atoms in total. The summed E-state index contributed by atoms with van der Waals surface area (Å²) in [6, 6.07) is 6.07. The third-order valence-corrected chi connectivity index (χ3v) is 3.38. The summed E-state index contributed by atoms with van der Waals surface area (Å²) in [7, 11) is 0. The van der Waals surface area contributed by atoms with Crippen LogP contribution in [0.4, 0.5) is 5.69 Å². The number of ether oxygens (including phenoxy) is 1. The Balaban J connectivity index is 2.39. The van der Waals surface area contributed by atoms with Crippen LogP contribution in [-0.2, 0) is 9.53 Å². The van der Waals surface area contributed by atoms with Crippen LogP contribution in [0.1, 0.15) is 24.8 Å². The lowest BCUT2D eigenvalue weighted by Gasteiger charge is -2.25. The van der Waals surface area contributed by atoms with Crippen molar-refractivity contribution in [3.05, 3.63) is 39.9 Å². The third-order valence-electron chi connectivity index (χ3n) is 3.38. The van der Waals surface area contributed by atoms with Crippen LogP contribution in [0.2, 0.25) is 0 Å². The van der Waals surface area contributed by atoms with Crippen LogP contribution in [0.5, 0.6) is 0 Å². The maximum atomic E-state index is 11.3. The molecule has 1 heterocycles. The molecule has 2 atom stereocenters. The lowest BCUT2D eigenvalue weighted by molar-refractivity contribution is -0.384. The number of benzene rings is 1. The molecule has 0 aromatic heterocycles. The van der Waals surface area contributed by atoms with Gasteiger partial charge in [0.15, 0.2) is 5.60 Å². The fraction of sp³-hybridized carbons (Fsp3) is 0.417. The van der Waals surface area contributed by atoms with Crippen LogP contribution in [0.25, 0.3) is 0 Å². The van der Waals surface area contributed by atoms with Crippen molar-refractivity contribution in [1.82, 2.24) is 0 Å². The lowest BCUT2D eigenvalue weighted by Crippen LogP contribution is -2.39. The van der Waals surface area contributed by atoms with Gasteiger partial charge >= 0.3 is 5.97 Å². The molecular formula is C12H13NO5. The van der Waals surface area contributed by atoms with Crippen molar-refractivity contribution >= 4 is 11.7 Å². The molecule has 18 heavy (non-hydrogen) atoms. The minimum Gasteiger partial charge on any atom is -0.479 e. The van der Waals surface area contributed by atoms with Crippen molar-refractivity contribution in [2.24, 2.45) is 0 Å². The normalized spacial score (nSPS) is 27.1. The van der Waals surface area contributed by atoms with Crippen LogP contribution >= 0.6 is 0 Å². The van der Waals surface area contributed by atoms with Gasteiger partial charge in [-0.3, -0.25) is 10.1 Å². The van der Waals surface area contributed by atoms with Crippen molar-refractivity contribution in [2.45, 2.75) is 24.9 Å². The number of hydrogen-bond donors (Lipinski definition) is 1. The Kier molecular flexibility index (Phi) is 3.04. The van der Waals surface area contributed by atoms with Gasteiger partial charge in [0.1, 0.15) is 0 Å². The number of nitrogens with zero attached hydrogens (tertiary/aromatic N) is 1. The van der Waals surface area contributed by atoms with Crippen molar-refractivity contribution in [1.29, 1.82) is 0 Å². The molecule has 2 rings (SSSR count). The molecule has 1 N–H and O–H groups in total. The first-order valence-corrected chi connectivity index (χ1v) is 5.57. The molecule has 0 amide bonds. The Morgan fingerprint density at radius 3 is 2.94 bits per heavy atom. The fourth-order valence-electron chi connectivity index (χ4n) is 2.32. The summed E-state index contributed by atoms with van der Waals surface area (Å²) in [6.45, 7) is 1.85. The van der Waals surface area contributed by atoms with E-state index in [1.807, 2.05) is 0 Å². The first-order valence-electron chi connectivity index (χ1n) is 5.57. The van der Waals surface area contributed by atoms with E-state index >= 15 is 0 Å². The van der Waals surface area contributed by atoms with Gasteiger partial charge in [0.05, 0.1) is 4.92 Å². The monoisotopic (exact) mass is 251 g/mol. The van der Waals surface area contributed by atoms with E-state index in [0.717, 1.165) is 0 Å².